The first-order valence-corrected chi connectivity index (χ1v) is 11.2. The van der Waals surface area contributed by atoms with Gasteiger partial charge in [0.15, 0.2) is 9.84 Å². The van der Waals surface area contributed by atoms with E-state index in [2.05, 4.69) is 9.97 Å². The molecular formula is C19H26N4O3S. The number of sulfone groups is 1. The first-order chi connectivity index (χ1) is 12.8. The van der Waals surface area contributed by atoms with Gasteiger partial charge in [-0.05, 0) is 51.8 Å². The fourth-order valence-electron chi connectivity index (χ4n) is 3.62. The number of hydrogen-bond donors (Lipinski definition) is 0. The lowest BCUT2D eigenvalue weighted by molar-refractivity contribution is -0.132. The SMILES string of the molecule is CCN(CC)C(=O)C1CCCN1c1nc(C)c2ccc(S(C)(=O)=O)cc2n1. The van der Waals surface area contributed by atoms with Crippen molar-refractivity contribution in [1.82, 2.24) is 14.9 Å². The van der Waals surface area contributed by atoms with Gasteiger partial charge in [0.2, 0.25) is 11.9 Å². The fourth-order valence-corrected chi connectivity index (χ4v) is 4.26. The Labute approximate surface area is 160 Å². The Hall–Kier alpha value is -2.22. The molecule has 7 nitrogen and oxygen atoms in total. The Bertz CT molecular complexity index is 970. The van der Waals surface area contributed by atoms with Gasteiger partial charge >= 0.3 is 0 Å². The van der Waals surface area contributed by atoms with Crippen LogP contribution in [0.3, 0.4) is 0 Å². The average molecular weight is 391 g/mol. The highest BCUT2D eigenvalue weighted by molar-refractivity contribution is 7.90. The van der Waals surface area contributed by atoms with Crippen LogP contribution >= 0.6 is 0 Å². The van der Waals surface area contributed by atoms with Crippen LogP contribution in [0, 0.1) is 6.92 Å². The molecule has 8 heteroatoms. The van der Waals surface area contributed by atoms with Crippen molar-refractivity contribution in [2.45, 2.75) is 44.6 Å². The predicted molar refractivity (Wildman–Crippen MR) is 106 cm³/mol. The summed E-state index contributed by atoms with van der Waals surface area (Å²) in [6, 6.07) is 4.64. The van der Waals surface area contributed by atoms with Gasteiger partial charge in [0, 0.05) is 31.3 Å². The van der Waals surface area contributed by atoms with Crippen LogP contribution in [0.25, 0.3) is 10.9 Å². The summed E-state index contributed by atoms with van der Waals surface area (Å²) in [6.07, 6.45) is 2.86. The molecule has 0 bridgehead atoms. The van der Waals surface area contributed by atoms with E-state index < -0.39 is 9.84 Å². The summed E-state index contributed by atoms with van der Waals surface area (Å²) in [7, 11) is -3.32. The van der Waals surface area contributed by atoms with Crippen LogP contribution in [0.1, 0.15) is 32.4 Å². The van der Waals surface area contributed by atoms with Crippen LogP contribution in [-0.2, 0) is 14.6 Å². The molecule has 0 saturated carbocycles. The zero-order valence-electron chi connectivity index (χ0n) is 16.3. The molecule has 146 valence electrons. The Morgan fingerprint density at radius 3 is 2.59 bits per heavy atom. The smallest absolute Gasteiger partial charge is 0.245 e. The summed E-state index contributed by atoms with van der Waals surface area (Å²) in [6.45, 7) is 7.90. The lowest BCUT2D eigenvalue weighted by Crippen LogP contribution is -2.46. The highest BCUT2D eigenvalue weighted by atomic mass is 32.2. The normalized spacial score (nSPS) is 17.5. The van der Waals surface area contributed by atoms with E-state index in [9.17, 15) is 13.2 Å². The Kier molecular flexibility index (Phi) is 5.37. The van der Waals surface area contributed by atoms with Crippen LogP contribution < -0.4 is 4.90 Å². The zero-order valence-corrected chi connectivity index (χ0v) is 17.1. The molecule has 1 unspecified atom stereocenters. The Balaban J connectivity index is 2.04. The summed E-state index contributed by atoms with van der Waals surface area (Å²) < 4.78 is 23.8. The molecule has 0 radical (unpaired) electrons. The molecule has 1 fully saturated rings. The molecule has 0 spiro atoms. The van der Waals surface area contributed by atoms with Gasteiger partial charge in [0.05, 0.1) is 16.1 Å². The van der Waals surface area contributed by atoms with Crippen molar-refractivity contribution in [3.63, 3.8) is 0 Å². The molecular weight excluding hydrogens is 364 g/mol. The van der Waals surface area contributed by atoms with Gasteiger partial charge in [-0.3, -0.25) is 4.79 Å². The minimum atomic E-state index is -3.32. The van der Waals surface area contributed by atoms with Gasteiger partial charge in [0.25, 0.3) is 0 Å². The van der Waals surface area contributed by atoms with Crippen molar-refractivity contribution >= 4 is 32.6 Å². The van der Waals surface area contributed by atoms with Crippen molar-refractivity contribution in [2.24, 2.45) is 0 Å². The van der Waals surface area contributed by atoms with E-state index in [-0.39, 0.29) is 16.8 Å². The molecule has 1 aromatic carbocycles. The average Bonchev–Trinajstić information content (AvgIpc) is 3.11. The van der Waals surface area contributed by atoms with Crippen LogP contribution in [0.15, 0.2) is 23.1 Å². The van der Waals surface area contributed by atoms with E-state index in [0.29, 0.717) is 31.1 Å². The summed E-state index contributed by atoms with van der Waals surface area (Å²) >= 11 is 0. The number of aryl methyl sites for hydroxylation is 1. The van der Waals surface area contributed by atoms with E-state index >= 15 is 0 Å². The minimum absolute atomic E-state index is 0.101. The van der Waals surface area contributed by atoms with Crippen molar-refractivity contribution in [3.8, 4) is 0 Å². The molecule has 1 saturated heterocycles. The highest BCUT2D eigenvalue weighted by Crippen LogP contribution is 2.27. The number of fused-ring (bicyclic) bond motifs is 1. The molecule has 1 aliphatic rings. The standard InChI is InChI=1S/C19H26N4O3S/c1-5-22(6-2)18(24)17-8-7-11-23(17)19-20-13(3)15-10-9-14(27(4,25)26)12-16(15)21-19/h9-10,12,17H,5-8,11H2,1-4H3. The first kappa shape index (κ1) is 19.5. The fraction of sp³-hybridized carbons (Fsp3) is 0.526. The highest BCUT2D eigenvalue weighted by Gasteiger charge is 2.34. The van der Waals surface area contributed by atoms with Gasteiger partial charge in [-0.15, -0.1) is 0 Å². The van der Waals surface area contributed by atoms with Gasteiger partial charge in [-0.1, -0.05) is 0 Å². The largest absolute Gasteiger partial charge is 0.341 e. The lowest BCUT2D eigenvalue weighted by Gasteiger charge is -2.29. The number of hydrogen-bond acceptors (Lipinski definition) is 6. The van der Waals surface area contributed by atoms with Crippen LogP contribution in [0.4, 0.5) is 5.95 Å². The summed E-state index contributed by atoms with van der Waals surface area (Å²) in [4.78, 5) is 26.1. The maximum Gasteiger partial charge on any atom is 0.245 e. The molecule has 2 aromatic rings. The topological polar surface area (TPSA) is 83.5 Å². The molecule has 1 aromatic heterocycles. The van der Waals surface area contributed by atoms with Crippen LogP contribution in [0.5, 0.6) is 0 Å². The summed E-state index contributed by atoms with van der Waals surface area (Å²) in [5.41, 5.74) is 1.36. The van der Waals surface area contributed by atoms with E-state index in [1.165, 1.54) is 6.26 Å². The van der Waals surface area contributed by atoms with E-state index in [1.54, 1.807) is 18.2 Å². The monoisotopic (exact) mass is 390 g/mol. The number of anilines is 1. The number of aromatic nitrogens is 2. The van der Waals surface area contributed by atoms with Gasteiger partial charge in [-0.2, -0.15) is 0 Å². The lowest BCUT2D eigenvalue weighted by atomic mass is 10.2. The molecule has 1 amide bonds. The van der Waals surface area contributed by atoms with Crippen molar-refractivity contribution < 1.29 is 13.2 Å². The zero-order chi connectivity index (χ0) is 19.8. The number of likely N-dealkylation sites (N-methyl/N-ethyl adjacent to an activating group) is 1. The maximum atomic E-state index is 12.9. The van der Waals surface area contributed by atoms with Crippen molar-refractivity contribution in [3.05, 3.63) is 23.9 Å². The third kappa shape index (κ3) is 3.76. The summed E-state index contributed by atoms with van der Waals surface area (Å²) in [5.74, 6) is 0.595. The number of carbonyl (C=O) groups excluding carboxylic acids is 1. The molecule has 2 heterocycles. The Morgan fingerprint density at radius 1 is 1.26 bits per heavy atom. The number of amides is 1. The third-order valence-corrected chi connectivity index (χ3v) is 6.26. The molecule has 27 heavy (non-hydrogen) atoms. The maximum absolute atomic E-state index is 12.9. The number of benzene rings is 1. The van der Waals surface area contributed by atoms with E-state index in [4.69, 9.17) is 0 Å². The van der Waals surface area contributed by atoms with Gasteiger partial charge < -0.3 is 9.80 Å². The second kappa shape index (κ2) is 7.42. The third-order valence-electron chi connectivity index (χ3n) is 5.15. The summed E-state index contributed by atoms with van der Waals surface area (Å²) in [5, 5.41) is 0.817. The van der Waals surface area contributed by atoms with E-state index in [1.807, 2.05) is 30.6 Å². The number of carbonyl (C=O) groups is 1. The molecule has 0 aliphatic carbocycles. The molecule has 0 N–H and O–H groups in total. The van der Waals surface area contributed by atoms with Crippen molar-refractivity contribution in [2.75, 3.05) is 30.8 Å². The predicted octanol–water partition coefficient (Wildman–Crippen LogP) is 2.18. The van der Waals surface area contributed by atoms with Gasteiger partial charge in [0.1, 0.15) is 6.04 Å². The quantitative estimate of drug-likeness (QED) is 0.778. The van der Waals surface area contributed by atoms with Gasteiger partial charge in [-0.25, -0.2) is 18.4 Å². The second-order valence-electron chi connectivity index (χ2n) is 6.92. The number of nitrogens with zero attached hydrogens (tertiary/aromatic N) is 4. The van der Waals surface area contributed by atoms with E-state index in [0.717, 1.165) is 23.9 Å². The van der Waals surface area contributed by atoms with Crippen molar-refractivity contribution in [1.29, 1.82) is 0 Å². The number of rotatable bonds is 5. The molecule has 3 rings (SSSR count). The molecule has 1 aliphatic heterocycles. The van der Waals surface area contributed by atoms with Crippen LogP contribution in [-0.4, -0.2) is 61.1 Å². The van der Waals surface area contributed by atoms with Crippen LogP contribution in [0.2, 0.25) is 0 Å². The first-order valence-electron chi connectivity index (χ1n) is 9.30. The molecule has 1 atom stereocenters. The Morgan fingerprint density at radius 2 is 1.96 bits per heavy atom. The second-order valence-corrected chi connectivity index (χ2v) is 8.94. The minimum Gasteiger partial charge on any atom is -0.341 e.